The van der Waals surface area contributed by atoms with Crippen molar-refractivity contribution in [3.63, 3.8) is 0 Å². The van der Waals surface area contributed by atoms with Crippen LogP contribution in [0.25, 0.3) is 0 Å². The molecule has 0 aromatic heterocycles. The Labute approximate surface area is 235 Å². The van der Waals surface area contributed by atoms with E-state index in [-0.39, 0.29) is 6.03 Å². The van der Waals surface area contributed by atoms with E-state index in [0.717, 1.165) is 57.9 Å². The van der Waals surface area contributed by atoms with E-state index in [0.29, 0.717) is 48.2 Å². The van der Waals surface area contributed by atoms with Gasteiger partial charge in [-0.15, -0.1) is 0 Å². The minimum atomic E-state index is -0.0929. The molecule has 0 radical (unpaired) electrons. The molecule has 1 heterocycles. The van der Waals surface area contributed by atoms with Crippen LogP contribution in [0.2, 0.25) is 0 Å². The van der Waals surface area contributed by atoms with Gasteiger partial charge in [0.2, 0.25) is 5.91 Å². The van der Waals surface area contributed by atoms with Crippen LogP contribution in [0.4, 0.5) is 10.5 Å². The van der Waals surface area contributed by atoms with Crippen LogP contribution >= 0.6 is 0 Å². The number of ether oxygens (including phenoxy) is 1. The summed E-state index contributed by atoms with van der Waals surface area (Å²) in [6.07, 6.45) is 11.4. The van der Waals surface area contributed by atoms with Gasteiger partial charge in [0, 0.05) is 52.2 Å². The second kappa shape index (κ2) is 13.7. The lowest BCUT2D eigenvalue weighted by atomic mass is 9.49. The van der Waals surface area contributed by atoms with Crippen LogP contribution in [0, 0.1) is 17.3 Å². The summed E-state index contributed by atoms with van der Waals surface area (Å²) >= 11 is 0. The molecular weight excluding hydrogens is 488 g/mol. The Hall–Kier alpha value is -2.54. The molecule has 3 amide bonds. The first kappa shape index (κ1) is 29.4. The molecule has 1 saturated heterocycles. The average Bonchev–Trinajstić information content (AvgIpc) is 2.95. The number of allylic oxidation sites excluding steroid dienone is 1. The van der Waals surface area contributed by atoms with Gasteiger partial charge in [-0.3, -0.25) is 9.69 Å². The van der Waals surface area contributed by atoms with E-state index in [4.69, 9.17) is 4.74 Å². The number of fused-ring (bicyclic) bond motifs is 1. The molecule has 3 aliphatic carbocycles. The number of hydrogen-bond acceptors (Lipinski definition) is 4. The number of anilines is 1. The number of amides is 3. The van der Waals surface area contributed by atoms with Crippen molar-refractivity contribution < 1.29 is 14.3 Å². The van der Waals surface area contributed by atoms with Crippen LogP contribution in [-0.4, -0.2) is 79.6 Å². The zero-order valence-corrected chi connectivity index (χ0v) is 24.7. The van der Waals surface area contributed by atoms with Crippen molar-refractivity contribution in [1.29, 1.82) is 0 Å². The number of carbonyl (C=O) groups excluding carboxylic acids is 2. The number of carbonyl (C=O) groups is 2. The number of nitrogens with one attached hydrogen (secondary N) is 1. The van der Waals surface area contributed by atoms with E-state index < -0.39 is 0 Å². The predicted molar refractivity (Wildman–Crippen MR) is 158 cm³/mol. The Morgan fingerprint density at radius 2 is 1.82 bits per heavy atom. The Kier molecular flexibility index (Phi) is 10.3. The third kappa shape index (κ3) is 7.36. The molecule has 216 valence electrons. The van der Waals surface area contributed by atoms with Gasteiger partial charge < -0.3 is 19.9 Å². The maximum absolute atomic E-state index is 13.4. The second-order valence-electron chi connectivity index (χ2n) is 12.3. The summed E-state index contributed by atoms with van der Waals surface area (Å²) in [4.78, 5) is 32.6. The number of piperazine rings is 1. The molecule has 2 atom stereocenters. The van der Waals surface area contributed by atoms with Gasteiger partial charge in [-0.1, -0.05) is 70.2 Å². The summed E-state index contributed by atoms with van der Waals surface area (Å²) in [5.41, 5.74) is 2.55. The quantitative estimate of drug-likeness (QED) is 0.246. The van der Waals surface area contributed by atoms with Crippen molar-refractivity contribution in [2.45, 2.75) is 72.1 Å². The Morgan fingerprint density at radius 1 is 1.08 bits per heavy atom. The van der Waals surface area contributed by atoms with Crippen molar-refractivity contribution in [2.24, 2.45) is 17.3 Å². The maximum atomic E-state index is 13.4. The van der Waals surface area contributed by atoms with Crippen molar-refractivity contribution in [2.75, 3.05) is 58.2 Å². The zero-order chi connectivity index (χ0) is 27.8. The van der Waals surface area contributed by atoms with Crippen LogP contribution < -0.4 is 10.1 Å². The van der Waals surface area contributed by atoms with Gasteiger partial charge in [-0.25, -0.2) is 4.79 Å². The monoisotopic (exact) mass is 538 g/mol. The minimum Gasteiger partial charge on any atom is -0.495 e. The van der Waals surface area contributed by atoms with Gasteiger partial charge in [0.1, 0.15) is 5.75 Å². The molecule has 7 nitrogen and oxygen atoms in total. The molecule has 2 unspecified atom stereocenters. The molecular formula is C32H50N4O3. The highest BCUT2D eigenvalue weighted by Gasteiger charge is 2.51. The number of methoxy groups -OCH3 is 1. The smallest absolute Gasteiger partial charge is 0.322 e. The normalized spacial score (nSPS) is 22.1. The van der Waals surface area contributed by atoms with E-state index >= 15 is 0 Å². The lowest BCUT2D eigenvalue weighted by Crippen LogP contribution is -2.52. The number of nitrogens with zero attached hydrogens (tertiary/aromatic N) is 3. The van der Waals surface area contributed by atoms with E-state index in [9.17, 15) is 9.59 Å². The van der Waals surface area contributed by atoms with Crippen LogP contribution in [-0.2, 0) is 4.79 Å². The molecule has 1 aliphatic heterocycles. The van der Waals surface area contributed by atoms with Crippen molar-refractivity contribution in [3.8, 4) is 5.75 Å². The van der Waals surface area contributed by atoms with Gasteiger partial charge in [0.15, 0.2) is 0 Å². The maximum Gasteiger partial charge on any atom is 0.322 e. The van der Waals surface area contributed by atoms with Crippen LogP contribution in [0.15, 0.2) is 35.9 Å². The SMILES string of the molecule is CCCCCCCC(=O)N(CCN1CCN(C(=O)Nc2ccccc2OC)CC1)CC1=CCC2CC1C2(C)C. The Balaban J connectivity index is 1.27. The molecule has 0 spiro atoms. The van der Waals surface area contributed by atoms with Crippen LogP contribution in [0.3, 0.4) is 0 Å². The molecule has 39 heavy (non-hydrogen) atoms. The Bertz CT molecular complexity index is 999. The molecule has 1 aromatic rings. The van der Waals surface area contributed by atoms with Crippen LogP contribution in [0.5, 0.6) is 5.75 Å². The van der Waals surface area contributed by atoms with Gasteiger partial charge in [-0.2, -0.15) is 0 Å². The van der Waals surface area contributed by atoms with Gasteiger partial charge in [0.25, 0.3) is 0 Å². The predicted octanol–water partition coefficient (Wildman–Crippen LogP) is 6.03. The van der Waals surface area contributed by atoms with Gasteiger partial charge in [-0.05, 0) is 48.6 Å². The number of benzene rings is 1. The lowest BCUT2D eigenvalue weighted by Gasteiger charge is -2.57. The van der Waals surface area contributed by atoms with Gasteiger partial charge >= 0.3 is 6.03 Å². The number of rotatable bonds is 13. The van der Waals surface area contributed by atoms with E-state index in [1.54, 1.807) is 7.11 Å². The molecule has 1 saturated carbocycles. The van der Waals surface area contributed by atoms with Crippen molar-refractivity contribution in [1.82, 2.24) is 14.7 Å². The first-order valence-electron chi connectivity index (χ1n) is 15.2. The standard InChI is InChI=1S/C32H50N4O3/c1-5-6-7-8-9-14-30(37)36(24-25-15-16-26-23-27(25)32(26,2)3)22-19-34-17-20-35(21-18-34)31(38)33-28-12-10-11-13-29(28)39-4/h10-13,15,26-27H,5-9,14,16-24H2,1-4H3,(H,33,38). The van der Waals surface area contributed by atoms with E-state index in [1.165, 1.54) is 31.3 Å². The highest BCUT2D eigenvalue weighted by molar-refractivity contribution is 5.91. The van der Waals surface area contributed by atoms with E-state index in [1.807, 2.05) is 29.2 Å². The number of para-hydroxylation sites is 2. The van der Waals surface area contributed by atoms with Crippen molar-refractivity contribution >= 4 is 17.6 Å². The summed E-state index contributed by atoms with van der Waals surface area (Å²) < 4.78 is 5.36. The molecule has 4 aliphatic rings. The first-order chi connectivity index (χ1) is 18.8. The summed E-state index contributed by atoms with van der Waals surface area (Å²) in [6.45, 7) is 12.4. The van der Waals surface area contributed by atoms with E-state index in [2.05, 4.69) is 42.0 Å². The number of urea groups is 1. The second-order valence-corrected chi connectivity index (χ2v) is 12.3. The fourth-order valence-electron chi connectivity index (χ4n) is 6.58. The Morgan fingerprint density at radius 3 is 2.51 bits per heavy atom. The summed E-state index contributed by atoms with van der Waals surface area (Å²) in [5.74, 6) is 2.40. The highest BCUT2D eigenvalue weighted by Crippen LogP contribution is 2.59. The average molecular weight is 539 g/mol. The van der Waals surface area contributed by atoms with Crippen LogP contribution in [0.1, 0.15) is 72.1 Å². The lowest BCUT2D eigenvalue weighted by molar-refractivity contribution is -0.131. The van der Waals surface area contributed by atoms with Crippen molar-refractivity contribution in [3.05, 3.63) is 35.9 Å². The highest BCUT2D eigenvalue weighted by atomic mass is 16.5. The third-order valence-electron chi connectivity index (χ3n) is 9.50. The summed E-state index contributed by atoms with van der Waals surface area (Å²) in [5, 5.41) is 2.99. The molecule has 2 bridgehead atoms. The first-order valence-corrected chi connectivity index (χ1v) is 15.2. The number of hydrogen-bond donors (Lipinski definition) is 1. The molecule has 2 fully saturated rings. The third-order valence-corrected chi connectivity index (χ3v) is 9.50. The molecule has 1 N–H and O–H groups in total. The number of unbranched alkanes of at least 4 members (excludes halogenated alkanes) is 4. The summed E-state index contributed by atoms with van der Waals surface area (Å²) in [6, 6.07) is 7.39. The minimum absolute atomic E-state index is 0.0929. The fourth-order valence-corrected chi connectivity index (χ4v) is 6.58. The van der Waals surface area contributed by atoms with Gasteiger partial charge in [0.05, 0.1) is 12.8 Å². The molecule has 1 aromatic carbocycles. The largest absolute Gasteiger partial charge is 0.495 e. The molecule has 5 rings (SSSR count). The fraction of sp³-hybridized carbons (Fsp3) is 0.688. The topological polar surface area (TPSA) is 65.1 Å². The zero-order valence-electron chi connectivity index (χ0n) is 24.7. The molecule has 7 heteroatoms. The summed E-state index contributed by atoms with van der Waals surface area (Å²) in [7, 11) is 1.61.